The molecule has 2 aromatic rings. The normalized spacial score (nSPS) is 11.5. The van der Waals surface area contributed by atoms with Gasteiger partial charge in [0.2, 0.25) is 0 Å². The van der Waals surface area contributed by atoms with E-state index in [1.54, 1.807) is 0 Å². The number of alkyl halides is 6. The number of ether oxygens (including phenoxy) is 3. The number of rotatable bonds is 8. The molecular formula is C21H21F6N3O5S2. The molecule has 0 aliphatic rings. The van der Waals surface area contributed by atoms with E-state index in [1.165, 1.54) is 25.9 Å². The van der Waals surface area contributed by atoms with Crippen molar-refractivity contribution in [3.8, 4) is 11.5 Å². The third-order valence-electron chi connectivity index (χ3n) is 4.31. The molecule has 1 aromatic carbocycles. The Hall–Kier alpha value is -3.27. The van der Waals surface area contributed by atoms with Crippen LogP contribution >= 0.6 is 23.6 Å². The largest absolute Gasteiger partial charge is 0.484 e. The van der Waals surface area contributed by atoms with Crippen molar-refractivity contribution >= 4 is 51.2 Å². The van der Waals surface area contributed by atoms with Gasteiger partial charge in [0.15, 0.2) is 18.3 Å². The van der Waals surface area contributed by atoms with Crippen molar-refractivity contribution in [3.63, 3.8) is 0 Å². The van der Waals surface area contributed by atoms with Gasteiger partial charge in [-0.25, -0.2) is 4.79 Å². The van der Waals surface area contributed by atoms with Crippen LogP contribution in [0.2, 0.25) is 0 Å². The molecule has 0 radical (unpaired) electrons. The molecule has 37 heavy (non-hydrogen) atoms. The van der Waals surface area contributed by atoms with Crippen LogP contribution < -0.4 is 20.1 Å². The molecule has 204 valence electrons. The number of nitrogens with zero attached hydrogens (tertiary/aromatic N) is 1. The number of anilines is 2. The van der Waals surface area contributed by atoms with Crippen molar-refractivity contribution < 1.29 is 50.1 Å². The van der Waals surface area contributed by atoms with Crippen LogP contribution in [0.1, 0.15) is 25.6 Å². The molecule has 0 unspecified atom stereocenters. The second-order valence-electron chi connectivity index (χ2n) is 7.53. The number of amides is 1. The van der Waals surface area contributed by atoms with Crippen LogP contribution in [0.3, 0.4) is 0 Å². The van der Waals surface area contributed by atoms with E-state index in [9.17, 15) is 35.9 Å². The number of hydrogen-bond donors (Lipinski definition) is 2. The van der Waals surface area contributed by atoms with Gasteiger partial charge in [0.1, 0.15) is 16.5 Å². The van der Waals surface area contributed by atoms with Crippen LogP contribution in [-0.4, -0.2) is 68.7 Å². The highest BCUT2D eigenvalue weighted by molar-refractivity contribution is 7.80. The summed E-state index contributed by atoms with van der Waals surface area (Å²) in [6.07, 6.45) is -9.40. The highest BCUT2D eigenvalue weighted by Crippen LogP contribution is 2.35. The number of hydrogen-bond acceptors (Lipinski definition) is 7. The summed E-state index contributed by atoms with van der Waals surface area (Å²) in [6.45, 7) is -1.86. The van der Waals surface area contributed by atoms with E-state index >= 15 is 0 Å². The average Bonchev–Trinajstić information content (AvgIpc) is 3.09. The number of benzene rings is 1. The zero-order valence-electron chi connectivity index (χ0n) is 19.7. The van der Waals surface area contributed by atoms with E-state index < -0.39 is 43.0 Å². The van der Waals surface area contributed by atoms with Crippen molar-refractivity contribution in [1.82, 2.24) is 4.90 Å². The number of thiocarbonyl (C=S) groups is 1. The summed E-state index contributed by atoms with van der Waals surface area (Å²) in [7, 11) is 4.18. The maximum atomic E-state index is 12.6. The zero-order valence-corrected chi connectivity index (χ0v) is 21.4. The molecule has 0 saturated carbocycles. The first-order valence-electron chi connectivity index (χ1n) is 10.1. The summed E-state index contributed by atoms with van der Waals surface area (Å²) in [5, 5.41) is 5.22. The molecule has 2 N–H and O–H groups in total. The summed E-state index contributed by atoms with van der Waals surface area (Å²) >= 11 is 6.10. The van der Waals surface area contributed by atoms with Crippen LogP contribution in [0.25, 0.3) is 0 Å². The smallest absolute Gasteiger partial charge is 0.422 e. The van der Waals surface area contributed by atoms with Gasteiger partial charge < -0.3 is 29.7 Å². The fourth-order valence-corrected chi connectivity index (χ4v) is 4.27. The summed E-state index contributed by atoms with van der Waals surface area (Å²) < 4.78 is 89.4. The van der Waals surface area contributed by atoms with Crippen molar-refractivity contribution in [2.24, 2.45) is 0 Å². The molecule has 0 fully saturated rings. The Morgan fingerprint density at radius 3 is 1.92 bits per heavy atom. The maximum Gasteiger partial charge on any atom is 0.422 e. The van der Waals surface area contributed by atoms with Crippen molar-refractivity contribution in [2.45, 2.75) is 19.3 Å². The third-order valence-corrected chi connectivity index (χ3v) is 5.71. The molecule has 1 amide bonds. The van der Waals surface area contributed by atoms with Gasteiger partial charge in [-0.15, -0.1) is 11.3 Å². The minimum Gasteiger partial charge on any atom is -0.484 e. The van der Waals surface area contributed by atoms with Crippen LogP contribution in [0, 0.1) is 6.92 Å². The standard InChI is InChI=1S/C21H21F6N3O5S2/c1-10-14(18(32)33-4)16(37-15(10)17(31)30(2)3)29-19(36)28-11-5-12(34-8-20(22,23)24)7-13(6-11)35-9-21(25,26)27/h5-7H,8-9H2,1-4H3,(H2,28,29,36). The first-order valence-corrected chi connectivity index (χ1v) is 11.3. The molecule has 0 saturated heterocycles. The number of carbonyl (C=O) groups is 2. The van der Waals surface area contributed by atoms with E-state index in [1.807, 2.05) is 0 Å². The van der Waals surface area contributed by atoms with Crippen LogP contribution in [0.5, 0.6) is 11.5 Å². The van der Waals surface area contributed by atoms with Crippen molar-refractivity contribution in [1.29, 1.82) is 0 Å². The maximum absolute atomic E-state index is 12.6. The molecule has 0 spiro atoms. The van der Waals surface area contributed by atoms with Gasteiger partial charge in [0.25, 0.3) is 5.91 Å². The molecule has 1 aromatic heterocycles. The second-order valence-corrected chi connectivity index (χ2v) is 8.96. The fourth-order valence-electron chi connectivity index (χ4n) is 2.76. The van der Waals surface area contributed by atoms with Crippen molar-refractivity contribution in [3.05, 3.63) is 34.2 Å². The van der Waals surface area contributed by atoms with Gasteiger partial charge in [0.05, 0.1) is 17.6 Å². The summed E-state index contributed by atoms with van der Waals surface area (Å²) in [5.41, 5.74) is 0.274. The SMILES string of the molecule is COC(=O)c1c(NC(=S)Nc2cc(OCC(F)(F)F)cc(OCC(F)(F)F)c2)sc(C(=O)N(C)C)c1C. The summed E-state index contributed by atoms with van der Waals surface area (Å²) in [6, 6.07) is 2.97. The van der Waals surface area contributed by atoms with E-state index in [-0.39, 0.29) is 32.1 Å². The molecule has 1 heterocycles. The lowest BCUT2D eigenvalue weighted by molar-refractivity contribution is -0.153. The highest BCUT2D eigenvalue weighted by Gasteiger charge is 2.30. The van der Waals surface area contributed by atoms with Gasteiger partial charge in [-0.05, 0) is 24.7 Å². The second kappa shape index (κ2) is 11.9. The molecule has 0 bridgehead atoms. The quantitative estimate of drug-likeness (QED) is 0.252. The molecule has 0 aliphatic heterocycles. The third kappa shape index (κ3) is 8.96. The number of halogens is 6. The summed E-state index contributed by atoms with van der Waals surface area (Å²) in [5.74, 6) is -2.03. The Morgan fingerprint density at radius 2 is 1.49 bits per heavy atom. The Balaban J connectivity index is 2.34. The topological polar surface area (TPSA) is 89.1 Å². The molecule has 16 heteroatoms. The molecule has 2 rings (SSSR count). The van der Waals surface area contributed by atoms with Gasteiger partial charge in [-0.3, -0.25) is 4.79 Å². The Kier molecular flexibility index (Phi) is 9.60. The number of nitrogens with one attached hydrogen (secondary N) is 2. The Bertz CT molecular complexity index is 1130. The van der Waals surface area contributed by atoms with Crippen molar-refractivity contribution in [2.75, 3.05) is 45.1 Å². The Morgan fingerprint density at radius 1 is 0.973 bits per heavy atom. The first-order chi connectivity index (χ1) is 17.0. The predicted octanol–water partition coefficient (Wildman–Crippen LogP) is 5.24. The first kappa shape index (κ1) is 30.0. The number of esters is 1. The zero-order chi connectivity index (χ0) is 28.1. The Labute approximate surface area is 216 Å². The molecule has 8 nitrogen and oxygen atoms in total. The van der Waals surface area contributed by atoms with Crippen LogP contribution in [0.4, 0.5) is 37.0 Å². The van der Waals surface area contributed by atoms with Crippen LogP contribution in [0.15, 0.2) is 18.2 Å². The van der Waals surface area contributed by atoms with Crippen LogP contribution in [-0.2, 0) is 4.74 Å². The fraction of sp³-hybridized carbons (Fsp3) is 0.381. The predicted molar refractivity (Wildman–Crippen MR) is 128 cm³/mol. The minimum absolute atomic E-state index is 0.0262. The molecular weight excluding hydrogens is 552 g/mol. The highest BCUT2D eigenvalue weighted by atomic mass is 32.1. The molecule has 0 aliphatic carbocycles. The van der Waals surface area contributed by atoms with E-state index in [4.69, 9.17) is 17.0 Å². The lowest BCUT2D eigenvalue weighted by Gasteiger charge is -2.16. The monoisotopic (exact) mass is 573 g/mol. The van der Waals surface area contributed by atoms with Gasteiger partial charge >= 0.3 is 18.3 Å². The lowest BCUT2D eigenvalue weighted by atomic mass is 10.1. The lowest BCUT2D eigenvalue weighted by Crippen LogP contribution is -2.22. The van der Waals surface area contributed by atoms with Gasteiger partial charge in [-0.2, -0.15) is 26.3 Å². The van der Waals surface area contributed by atoms with E-state index in [2.05, 4.69) is 20.1 Å². The number of methoxy groups -OCH3 is 1. The number of carbonyl (C=O) groups excluding carboxylic acids is 2. The van der Waals surface area contributed by atoms with E-state index in [0.717, 1.165) is 36.6 Å². The molecule has 0 atom stereocenters. The number of thiophene rings is 1. The van der Waals surface area contributed by atoms with Gasteiger partial charge in [0, 0.05) is 38.0 Å². The minimum atomic E-state index is -4.70. The average molecular weight is 574 g/mol. The van der Waals surface area contributed by atoms with Gasteiger partial charge in [-0.1, -0.05) is 0 Å². The van der Waals surface area contributed by atoms with E-state index in [0.29, 0.717) is 5.56 Å². The summed E-state index contributed by atoms with van der Waals surface area (Å²) in [4.78, 5) is 26.3.